The normalized spacial score (nSPS) is 23.1. The maximum Gasteiger partial charge on any atom is 0.240 e. The van der Waals surface area contributed by atoms with Crippen LogP contribution in [0, 0.1) is 11.8 Å². The summed E-state index contributed by atoms with van der Waals surface area (Å²) in [7, 11) is 4.53. The smallest absolute Gasteiger partial charge is 0.240 e. The van der Waals surface area contributed by atoms with E-state index < -0.39 is 35.7 Å². The minimum absolute atomic E-state index is 0.283. The molecule has 6 rings (SSSR count). The second kappa shape index (κ2) is 9.02. The Bertz CT molecular complexity index is 1480. The van der Waals surface area contributed by atoms with Crippen LogP contribution in [0.1, 0.15) is 27.5 Å². The molecule has 0 saturated carbocycles. The first-order valence-electron chi connectivity index (χ1n) is 12.2. The topological polar surface area (TPSA) is 97.7 Å². The molecular weight excluding hydrogens is 486 g/mol. The number of hydrogen-bond acceptors (Lipinski definition) is 8. The van der Waals surface area contributed by atoms with Crippen molar-refractivity contribution < 1.29 is 28.6 Å². The number of methoxy groups -OCH3 is 3. The maximum atomic E-state index is 14.1. The van der Waals surface area contributed by atoms with Gasteiger partial charge in [-0.3, -0.25) is 19.4 Å². The van der Waals surface area contributed by atoms with Gasteiger partial charge < -0.3 is 14.2 Å². The summed E-state index contributed by atoms with van der Waals surface area (Å²) in [5, 5.41) is 6.24. The molecule has 38 heavy (non-hydrogen) atoms. The van der Waals surface area contributed by atoms with Gasteiger partial charge in [0, 0.05) is 11.6 Å². The lowest BCUT2D eigenvalue weighted by atomic mass is 9.83. The number of anilines is 1. The van der Waals surface area contributed by atoms with Gasteiger partial charge in [0.05, 0.1) is 51.1 Å². The van der Waals surface area contributed by atoms with Crippen LogP contribution in [0.3, 0.4) is 0 Å². The van der Waals surface area contributed by atoms with E-state index in [1.54, 1.807) is 60.8 Å². The Morgan fingerprint density at radius 2 is 1.50 bits per heavy atom. The van der Waals surface area contributed by atoms with Crippen molar-refractivity contribution >= 4 is 29.5 Å². The number of carbonyl (C=O) groups excluding carboxylic acids is 3. The molecule has 3 aromatic rings. The second-order valence-electron chi connectivity index (χ2n) is 9.34. The Morgan fingerprint density at radius 3 is 2.21 bits per heavy atom. The minimum atomic E-state index is -0.971. The number of hydrazone groups is 1. The van der Waals surface area contributed by atoms with Gasteiger partial charge in [0.25, 0.3) is 0 Å². The minimum Gasteiger partial charge on any atom is -0.497 e. The van der Waals surface area contributed by atoms with Gasteiger partial charge in [-0.1, -0.05) is 24.3 Å². The molecule has 2 saturated heterocycles. The molecule has 2 fully saturated rings. The summed E-state index contributed by atoms with van der Waals surface area (Å²) in [6.45, 7) is 0. The number of ketones is 1. The zero-order valence-electron chi connectivity index (χ0n) is 21.0. The van der Waals surface area contributed by atoms with Gasteiger partial charge in [-0.05, 0) is 47.5 Å². The molecule has 0 aromatic heterocycles. The highest BCUT2D eigenvalue weighted by Crippen LogP contribution is 2.54. The van der Waals surface area contributed by atoms with E-state index in [4.69, 9.17) is 14.2 Å². The first kappa shape index (κ1) is 23.7. The molecule has 3 aliphatic rings. The van der Waals surface area contributed by atoms with Crippen molar-refractivity contribution in [3.8, 4) is 17.2 Å². The summed E-state index contributed by atoms with van der Waals surface area (Å²) >= 11 is 0. The lowest BCUT2D eigenvalue weighted by Gasteiger charge is -2.34. The number of amides is 2. The summed E-state index contributed by atoms with van der Waals surface area (Å²) in [6.07, 6.45) is 1.68. The molecule has 3 aromatic carbocycles. The Balaban J connectivity index is 1.49. The van der Waals surface area contributed by atoms with Crippen molar-refractivity contribution in [2.24, 2.45) is 16.9 Å². The van der Waals surface area contributed by atoms with Gasteiger partial charge in [-0.2, -0.15) is 5.10 Å². The number of benzene rings is 3. The van der Waals surface area contributed by atoms with Gasteiger partial charge in [-0.15, -0.1) is 0 Å². The highest BCUT2D eigenvalue weighted by atomic mass is 16.5. The Morgan fingerprint density at radius 1 is 0.816 bits per heavy atom. The lowest BCUT2D eigenvalue weighted by Crippen LogP contribution is -2.44. The van der Waals surface area contributed by atoms with Gasteiger partial charge >= 0.3 is 0 Å². The number of fused-ring (bicyclic) bond motifs is 5. The van der Waals surface area contributed by atoms with Gasteiger partial charge in [0.15, 0.2) is 5.78 Å². The third-order valence-electron chi connectivity index (χ3n) is 7.56. The number of imide groups is 1. The van der Waals surface area contributed by atoms with Crippen LogP contribution < -0.4 is 19.1 Å². The van der Waals surface area contributed by atoms with E-state index in [2.05, 4.69) is 5.10 Å². The number of carbonyl (C=O) groups is 3. The molecule has 0 bridgehead atoms. The highest BCUT2D eigenvalue weighted by Gasteiger charge is 2.65. The van der Waals surface area contributed by atoms with Crippen LogP contribution in [0.25, 0.3) is 0 Å². The molecule has 2 amide bonds. The predicted molar refractivity (Wildman–Crippen MR) is 139 cm³/mol. The largest absolute Gasteiger partial charge is 0.497 e. The van der Waals surface area contributed by atoms with E-state index in [0.717, 1.165) is 16.0 Å². The molecular formula is C29H25N3O6. The number of rotatable bonds is 6. The van der Waals surface area contributed by atoms with Crippen LogP contribution in [0.2, 0.25) is 0 Å². The fourth-order valence-corrected chi connectivity index (χ4v) is 5.80. The standard InChI is InChI=1S/C29H25N3O6/c1-36-18-10-8-16(9-11-18)27(33)26-24-23(25-20-7-5-4-6-17(20)15-30-32(25)26)28(34)31(29(24)35)21-14-19(37-2)12-13-22(21)38-3/h4-15,23-26H,1-3H3/t23-,24-,25-,26+/m1/s1. The molecule has 4 atom stereocenters. The van der Waals surface area contributed by atoms with Gasteiger partial charge in [0.1, 0.15) is 23.3 Å². The predicted octanol–water partition coefficient (Wildman–Crippen LogP) is 3.47. The average Bonchev–Trinajstić information content (AvgIpc) is 3.44. The molecule has 0 aliphatic carbocycles. The number of nitrogens with zero attached hydrogens (tertiary/aromatic N) is 3. The Labute approximate surface area is 219 Å². The van der Waals surface area contributed by atoms with Crippen molar-refractivity contribution in [1.82, 2.24) is 5.01 Å². The van der Waals surface area contributed by atoms with E-state index in [1.165, 1.54) is 14.2 Å². The van der Waals surface area contributed by atoms with Gasteiger partial charge in [0.2, 0.25) is 11.8 Å². The molecule has 0 spiro atoms. The fraction of sp³-hybridized carbons (Fsp3) is 0.241. The lowest BCUT2D eigenvalue weighted by molar-refractivity contribution is -0.124. The molecule has 3 aliphatic heterocycles. The summed E-state index contributed by atoms with van der Waals surface area (Å²) in [4.78, 5) is 43.4. The van der Waals surface area contributed by atoms with Crippen molar-refractivity contribution in [2.75, 3.05) is 26.2 Å². The first-order valence-corrected chi connectivity index (χ1v) is 12.2. The SMILES string of the molecule is COc1ccc(C(=O)[C@@H]2[C@@H]3C(=O)N(c4cc(OC)ccc4OC)C(=O)[C@H]3[C@H]3c4ccccc4C=NN23)cc1. The van der Waals surface area contributed by atoms with Gasteiger partial charge in [-0.25, -0.2) is 4.90 Å². The van der Waals surface area contributed by atoms with Crippen molar-refractivity contribution in [2.45, 2.75) is 12.1 Å². The van der Waals surface area contributed by atoms with E-state index in [-0.39, 0.29) is 11.5 Å². The van der Waals surface area contributed by atoms with Crippen molar-refractivity contribution in [3.05, 3.63) is 83.4 Å². The van der Waals surface area contributed by atoms with Crippen LogP contribution in [0.15, 0.2) is 71.8 Å². The second-order valence-corrected chi connectivity index (χ2v) is 9.34. The van der Waals surface area contributed by atoms with Crippen LogP contribution in [-0.2, 0) is 9.59 Å². The highest BCUT2D eigenvalue weighted by molar-refractivity contribution is 6.25. The molecule has 3 heterocycles. The number of Topliss-reactive ketones (excluding diaryl/α,β-unsaturated/α-hetero) is 1. The molecule has 0 N–H and O–H groups in total. The number of hydrogen-bond donors (Lipinski definition) is 0. The molecule has 9 nitrogen and oxygen atoms in total. The molecule has 192 valence electrons. The van der Waals surface area contributed by atoms with Crippen molar-refractivity contribution in [1.29, 1.82) is 0 Å². The van der Waals surface area contributed by atoms with Crippen LogP contribution in [0.5, 0.6) is 17.2 Å². The third-order valence-corrected chi connectivity index (χ3v) is 7.56. The fourth-order valence-electron chi connectivity index (χ4n) is 5.80. The Hall–Kier alpha value is -4.66. The van der Waals surface area contributed by atoms with E-state index in [0.29, 0.717) is 22.8 Å². The van der Waals surface area contributed by atoms with Crippen LogP contribution in [-0.4, -0.2) is 56.2 Å². The van der Waals surface area contributed by atoms with E-state index in [9.17, 15) is 14.4 Å². The number of ether oxygens (including phenoxy) is 3. The quantitative estimate of drug-likeness (QED) is 0.369. The first-order chi connectivity index (χ1) is 18.5. The van der Waals surface area contributed by atoms with Crippen LogP contribution in [0.4, 0.5) is 5.69 Å². The monoisotopic (exact) mass is 511 g/mol. The van der Waals surface area contributed by atoms with E-state index in [1.807, 2.05) is 24.3 Å². The van der Waals surface area contributed by atoms with E-state index >= 15 is 0 Å². The summed E-state index contributed by atoms with van der Waals surface area (Å²) in [5.41, 5.74) is 2.39. The summed E-state index contributed by atoms with van der Waals surface area (Å²) < 4.78 is 16.1. The zero-order chi connectivity index (χ0) is 26.6. The van der Waals surface area contributed by atoms with Crippen molar-refractivity contribution in [3.63, 3.8) is 0 Å². The van der Waals surface area contributed by atoms with Crippen LogP contribution >= 0.6 is 0 Å². The zero-order valence-corrected chi connectivity index (χ0v) is 21.0. The molecule has 0 unspecified atom stereocenters. The average molecular weight is 512 g/mol. The Kier molecular flexibility index (Phi) is 5.63. The summed E-state index contributed by atoms with van der Waals surface area (Å²) in [6, 6.07) is 17.7. The molecule has 0 radical (unpaired) electrons. The molecule has 9 heteroatoms. The third kappa shape index (κ3) is 3.38. The summed E-state index contributed by atoms with van der Waals surface area (Å²) in [5.74, 6) is -1.49. The maximum absolute atomic E-state index is 14.1.